The van der Waals surface area contributed by atoms with Crippen molar-refractivity contribution in [3.05, 3.63) is 46.1 Å². The van der Waals surface area contributed by atoms with Crippen LogP contribution in [0.1, 0.15) is 37.0 Å². The lowest BCUT2D eigenvalue weighted by Gasteiger charge is -2.03. The van der Waals surface area contributed by atoms with Gasteiger partial charge in [0.1, 0.15) is 11.3 Å². The van der Waals surface area contributed by atoms with Crippen LogP contribution in [0, 0.1) is 0 Å². The maximum atomic E-state index is 6.23. The lowest BCUT2D eigenvalue weighted by atomic mass is 10.0. The van der Waals surface area contributed by atoms with Gasteiger partial charge in [-0.1, -0.05) is 31.2 Å². The topological polar surface area (TPSA) is 25.2 Å². The van der Waals surface area contributed by atoms with Crippen LogP contribution in [-0.4, -0.2) is 6.54 Å². The Labute approximate surface area is 132 Å². The smallest absolute Gasteiger partial charge is 0.149 e. The molecule has 0 amide bonds. The highest BCUT2D eigenvalue weighted by atomic mass is 79.9. The van der Waals surface area contributed by atoms with Crippen molar-refractivity contribution < 1.29 is 4.42 Å². The van der Waals surface area contributed by atoms with E-state index in [1.54, 1.807) is 0 Å². The monoisotopic (exact) mass is 343 g/mol. The van der Waals surface area contributed by atoms with E-state index >= 15 is 0 Å². The SMILES string of the molecule is CCNCc1oc2c(Br)c3ccccc3cc2c1C1CC1. The van der Waals surface area contributed by atoms with Crippen LogP contribution in [-0.2, 0) is 6.54 Å². The molecule has 1 N–H and O–H groups in total. The Bertz CT molecular complexity index is 817. The van der Waals surface area contributed by atoms with Gasteiger partial charge in [-0.3, -0.25) is 0 Å². The molecule has 108 valence electrons. The van der Waals surface area contributed by atoms with Gasteiger partial charge in [-0.15, -0.1) is 0 Å². The molecule has 3 aromatic rings. The third-order valence-electron chi connectivity index (χ3n) is 4.28. The van der Waals surface area contributed by atoms with Crippen LogP contribution in [0.2, 0.25) is 0 Å². The van der Waals surface area contributed by atoms with Gasteiger partial charge >= 0.3 is 0 Å². The molecule has 0 saturated heterocycles. The maximum Gasteiger partial charge on any atom is 0.149 e. The van der Waals surface area contributed by atoms with E-state index in [2.05, 4.69) is 58.5 Å². The minimum absolute atomic E-state index is 0.688. The molecule has 0 atom stereocenters. The largest absolute Gasteiger partial charge is 0.458 e. The summed E-state index contributed by atoms with van der Waals surface area (Å²) in [4.78, 5) is 0. The van der Waals surface area contributed by atoms with E-state index in [0.29, 0.717) is 5.92 Å². The van der Waals surface area contributed by atoms with Crippen LogP contribution in [0.25, 0.3) is 21.7 Å². The van der Waals surface area contributed by atoms with Crippen molar-refractivity contribution in [2.45, 2.75) is 32.2 Å². The van der Waals surface area contributed by atoms with Crippen molar-refractivity contribution in [1.82, 2.24) is 5.32 Å². The van der Waals surface area contributed by atoms with Gasteiger partial charge < -0.3 is 9.73 Å². The van der Waals surface area contributed by atoms with Gasteiger partial charge in [-0.2, -0.15) is 0 Å². The number of benzene rings is 2. The lowest BCUT2D eigenvalue weighted by molar-refractivity contribution is 0.513. The summed E-state index contributed by atoms with van der Waals surface area (Å²) in [6.07, 6.45) is 2.58. The van der Waals surface area contributed by atoms with Crippen LogP contribution in [0.4, 0.5) is 0 Å². The van der Waals surface area contributed by atoms with Crippen LogP contribution in [0.15, 0.2) is 39.2 Å². The maximum absolute atomic E-state index is 6.23. The van der Waals surface area contributed by atoms with Gasteiger partial charge in [0.25, 0.3) is 0 Å². The molecule has 2 nitrogen and oxygen atoms in total. The predicted octanol–water partition coefficient (Wildman–Crippen LogP) is 5.34. The summed E-state index contributed by atoms with van der Waals surface area (Å²) in [5, 5.41) is 7.18. The van der Waals surface area contributed by atoms with E-state index in [1.807, 2.05) is 0 Å². The molecule has 0 radical (unpaired) electrons. The van der Waals surface area contributed by atoms with Gasteiger partial charge in [-0.05, 0) is 58.1 Å². The standard InChI is InChI=1S/C18H18BrNO/c1-2-20-10-15-16(11-7-8-11)14-9-12-5-3-4-6-13(12)17(19)18(14)21-15/h3-6,9,11,20H,2,7-8,10H2,1H3. The van der Waals surface area contributed by atoms with Crippen molar-refractivity contribution >= 4 is 37.7 Å². The molecule has 1 aliphatic carbocycles. The molecular weight excluding hydrogens is 326 g/mol. The first-order valence-corrected chi connectivity index (χ1v) is 8.42. The van der Waals surface area contributed by atoms with Gasteiger partial charge in [0.15, 0.2) is 0 Å². The molecule has 1 heterocycles. The van der Waals surface area contributed by atoms with Crippen LogP contribution < -0.4 is 5.32 Å². The molecule has 1 saturated carbocycles. The average Bonchev–Trinajstić information content (AvgIpc) is 3.27. The molecule has 1 aliphatic rings. The number of rotatable bonds is 4. The molecular formula is C18H18BrNO. The Morgan fingerprint density at radius 2 is 2.05 bits per heavy atom. The van der Waals surface area contributed by atoms with Crippen molar-refractivity contribution in [2.75, 3.05) is 6.54 Å². The minimum Gasteiger partial charge on any atom is -0.458 e. The van der Waals surface area contributed by atoms with Crippen LogP contribution in [0.3, 0.4) is 0 Å². The molecule has 2 aromatic carbocycles. The second kappa shape index (κ2) is 5.15. The molecule has 0 spiro atoms. The summed E-state index contributed by atoms with van der Waals surface area (Å²) in [5.74, 6) is 1.80. The number of halogens is 1. The van der Waals surface area contributed by atoms with Gasteiger partial charge in [0, 0.05) is 10.9 Å². The van der Waals surface area contributed by atoms with E-state index in [9.17, 15) is 0 Å². The fourth-order valence-corrected chi connectivity index (χ4v) is 3.76. The molecule has 1 fully saturated rings. The summed E-state index contributed by atoms with van der Waals surface area (Å²) in [6.45, 7) is 3.91. The molecule has 0 unspecified atom stereocenters. The van der Waals surface area contributed by atoms with E-state index < -0.39 is 0 Å². The van der Waals surface area contributed by atoms with E-state index in [0.717, 1.165) is 28.9 Å². The molecule has 21 heavy (non-hydrogen) atoms. The fraction of sp³-hybridized carbons (Fsp3) is 0.333. The Hall–Kier alpha value is -1.32. The molecule has 0 aliphatic heterocycles. The Balaban J connectivity index is 2.00. The highest BCUT2D eigenvalue weighted by Crippen LogP contribution is 2.48. The number of furan rings is 1. The third kappa shape index (κ3) is 2.19. The molecule has 4 rings (SSSR count). The first-order valence-electron chi connectivity index (χ1n) is 7.62. The summed E-state index contributed by atoms with van der Waals surface area (Å²) < 4.78 is 7.32. The zero-order valence-corrected chi connectivity index (χ0v) is 13.7. The van der Waals surface area contributed by atoms with E-state index in [-0.39, 0.29) is 0 Å². The van der Waals surface area contributed by atoms with Crippen LogP contribution >= 0.6 is 15.9 Å². The zero-order valence-electron chi connectivity index (χ0n) is 12.1. The summed E-state index contributed by atoms with van der Waals surface area (Å²) in [6, 6.07) is 10.8. The molecule has 1 aromatic heterocycles. The average molecular weight is 344 g/mol. The summed E-state index contributed by atoms with van der Waals surface area (Å²) >= 11 is 3.75. The van der Waals surface area contributed by atoms with Crippen molar-refractivity contribution in [2.24, 2.45) is 0 Å². The Kier molecular flexibility index (Phi) is 3.27. The van der Waals surface area contributed by atoms with Crippen LogP contribution in [0.5, 0.6) is 0 Å². The Morgan fingerprint density at radius 3 is 2.81 bits per heavy atom. The number of fused-ring (bicyclic) bond motifs is 2. The quantitative estimate of drug-likeness (QED) is 0.691. The van der Waals surface area contributed by atoms with Gasteiger partial charge in [0.2, 0.25) is 0 Å². The summed E-state index contributed by atoms with van der Waals surface area (Å²) in [7, 11) is 0. The second-order valence-electron chi connectivity index (χ2n) is 5.78. The fourth-order valence-electron chi connectivity index (χ4n) is 3.10. The van der Waals surface area contributed by atoms with E-state index in [1.165, 1.54) is 34.6 Å². The highest BCUT2D eigenvalue weighted by Gasteiger charge is 2.31. The third-order valence-corrected chi connectivity index (χ3v) is 5.07. The normalized spacial score (nSPS) is 15.1. The molecule has 3 heteroatoms. The van der Waals surface area contributed by atoms with Crippen molar-refractivity contribution in [1.29, 1.82) is 0 Å². The van der Waals surface area contributed by atoms with E-state index in [4.69, 9.17) is 4.42 Å². The summed E-state index contributed by atoms with van der Waals surface area (Å²) in [5.41, 5.74) is 2.43. The van der Waals surface area contributed by atoms with Crippen molar-refractivity contribution in [3.8, 4) is 0 Å². The second-order valence-corrected chi connectivity index (χ2v) is 6.57. The lowest BCUT2D eigenvalue weighted by Crippen LogP contribution is -2.12. The predicted molar refractivity (Wildman–Crippen MR) is 90.8 cm³/mol. The number of nitrogens with one attached hydrogen (secondary N) is 1. The first-order chi connectivity index (χ1) is 10.3. The van der Waals surface area contributed by atoms with Gasteiger partial charge in [-0.25, -0.2) is 0 Å². The zero-order chi connectivity index (χ0) is 14.4. The first kappa shape index (κ1) is 13.4. The van der Waals surface area contributed by atoms with Gasteiger partial charge in [0.05, 0.1) is 11.0 Å². The highest BCUT2D eigenvalue weighted by molar-refractivity contribution is 9.10. The molecule has 0 bridgehead atoms. The number of hydrogen-bond donors (Lipinski definition) is 1. The minimum atomic E-state index is 0.688. The van der Waals surface area contributed by atoms with Crippen molar-refractivity contribution in [3.63, 3.8) is 0 Å². The Morgan fingerprint density at radius 1 is 1.24 bits per heavy atom. The number of hydrogen-bond acceptors (Lipinski definition) is 2.